The number of anilines is 1. The molecule has 0 unspecified atom stereocenters. The summed E-state index contributed by atoms with van der Waals surface area (Å²) in [5.74, 6) is -1.00. The first-order valence-electron chi connectivity index (χ1n) is 7.39. The fourth-order valence-electron chi connectivity index (χ4n) is 1.95. The Bertz CT molecular complexity index is 833. The minimum Gasteiger partial charge on any atom is -0.460 e. The van der Waals surface area contributed by atoms with Crippen molar-refractivity contribution in [2.24, 2.45) is 0 Å². The quantitative estimate of drug-likeness (QED) is 0.728. The van der Waals surface area contributed by atoms with Crippen molar-refractivity contribution in [2.75, 3.05) is 17.5 Å². The molecule has 8 heteroatoms. The topological polar surface area (TPSA) is 102 Å². The van der Waals surface area contributed by atoms with Crippen LogP contribution in [0.15, 0.2) is 54.6 Å². The molecule has 132 valence electrons. The first-order chi connectivity index (χ1) is 11.8. The lowest BCUT2D eigenvalue weighted by Gasteiger charge is -2.08. The van der Waals surface area contributed by atoms with Crippen LogP contribution < -0.4 is 10.0 Å². The van der Waals surface area contributed by atoms with Gasteiger partial charge in [0.2, 0.25) is 10.0 Å². The summed E-state index contributed by atoms with van der Waals surface area (Å²) in [6.45, 7) is -0.115. The van der Waals surface area contributed by atoms with E-state index in [4.69, 9.17) is 4.74 Å². The van der Waals surface area contributed by atoms with E-state index in [0.29, 0.717) is 11.3 Å². The van der Waals surface area contributed by atoms with E-state index < -0.39 is 21.9 Å². The number of esters is 1. The maximum Gasteiger partial charge on any atom is 0.325 e. The second-order valence-corrected chi connectivity index (χ2v) is 7.03. The fourth-order valence-corrected chi connectivity index (χ4v) is 2.51. The van der Waals surface area contributed by atoms with E-state index in [9.17, 15) is 18.0 Å². The highest BCUT2D eigenvalue weighted by atomic mass is 32.2. The van der Waals surface area contributed by atoms with E-state index in [1.54, 1.807) is 0 Å². The van der Waals surface area contributed by atoms with Crippen molar-refractivity contribution in [3.8, 4) is 0 Å². The zero-order chi connectivity index (χ0) is 18.3. The molecule has 2 aromatic rings. The monoisotopic (exact) mass is 362 g/mol. The number of sulfonamides is 1. The molecule has 0 spiro atoms. The number of nitrogens with one attached hydrogen (secondary N) is 2. The van der Waals surface area contributed by atoms with Crippen molar-refractivity contribution in [1.29, 1.82) is 0 Å². The van der Waals surface area contributed by atoms with Gasteiger partial charge >= 0.3 is 5.97 Å². The van der Waals surface area contributed by atoms with Gasteiger partial charge in [0.05, 0.1) is 6.26 Å². The number of ether oxygens (including phenoxy) is 1. The number of amides is 1. The molecule has 25 heavy (non-hydrogen) atoms. The van der Waals surface area contributed by atoms with E-state index in [-0.39, 0.29) is 13.2 Å². The van der Waals surface area contributed by atoms with Crippen molar-refractivity contribution in [2.45, 2.75) is 6.61 Å². The SMILES string of the molecule is CS(=O)(=O)Nc1ccc(C(=O)NCC(=O)OCc2ccccc2)cc1. The summed E-state index contributed by atoms with van der Waals surface area (Å²) in [5, 5.41) is 2.45. The summed E-state index contributed by atoms with van der Waals surface area (Å²) >= 11 is 0. The minimum atomic E-state index is -3.37. The Kier molecular flexibility index (Phi) is 6.13. The molecule has 0 aliphatic heterocycles. The number of hydrogen-bond acceptors (Lipinski definition) is 5. The van der Waals surface area contributed by atoms with Crippen LogP contribution >= 0.6 is 0 Å². The number of benzene rings is 2. The lowest BCUT2D eigenvalue weighted by molar-refractivity contribution is -0.143. The predicted molar refractivity (Wildman–Crippen MR) is 93.5 cm³/mol. The highest BCUT2D eigenvalue weighted by Gasteiger charge is 2.10. The van der Waals surface area contributed by atoms with Crippen molar-refractivity contribution >= 4 is 27.6 Å². The van der Waals surface area contributed by atoms with Gasteiger partial charge in [-0.2, -0.15) is 0 Å². The number of rotatable bonds is 7. The molecule has 0 aromatic heterocycles. The average Bonchev–Trinajstić information content (AvgIpc) is 2.58. The van der Waals surface area contributed by atoms with Crippen LogP contribution in [0.1, 0.15) is 15.9 Å². The van der Waals surface area contributed by atoms with Crippen LogP contribution in [0.4, 0.5) is 5.69 Å². The summed E-state index contributed by atoms with van der Waals surface area (Å²) in [7, 11) is -3.37. The third kappa shape index (κ3) is 6.64. The van der Waals surface area contributed by atoms with Crippen LogP contribution in [0, 0.1) is 0 Å². The number of carbonyl (C=O) groups is 2. The second kappa shape index (κ2) is 8.29. The first kappa shape index (κ1) is 18.5. The van der Waals surface area contributed by atoms with Gasteiger partial charge in [0.15, 0.2) is 0 Å². The van der Waals surface area contributed by atoms with Gasteiger partial charge in [-0.3, -0.25) is 14.3 Å². The van der Waals surface area contributed by atoms with E-state index in [1.165, 1.54) is 24.3 Å². The smallest absolute Gasteiger partial charge is 0.325 e. The molecule has 0 saturated carbocycles. The predicted octanol–water partition coefficient (Wildman–Crippen LogP) is 1.53. The Hall–Kier alpha value is -2.87. The van der Waals surface area contributed by atoms with E-state index in [1.807, 2.05) is 30.3 Å². The van der Waals surface area contributed by atoms with Crippen LogP contribution in [0.5, 0.6) is 0 Å². The number of hydrogen-bond donors (Lipinski definition) is 2. The molecule has 0 fully saturated rings. The van der Waals surface area contributed by atoms with Crippen LogP contribution in [-0.2, 0) is 26.2 Å². The maximum absolute atomic E-state index is 12.0. The Labute approximate surface area is 146 Å². The largest absolute Gasteiger partial charge is 0.460 e. The Morgan fingerprint density at radius 1 is 1.00 bits per heavy atom. The lowest BCUT2D eigenvalue weighted by atomic mass is 10.2. The molecule has 0 radical (unpaired) electrons. The molecule has 2 N–H and O–H groups in total. The van der Waals surface area contributed by atoms with Crippen molar-refractivity contribution in [1.82, 2.24) is 5.32 Å². The van der Waals surface area contributed by atoms with Gasteiger partial charge in [-0.05, 0) is 29.8 Å². The van der Waals surface area contributed by atoms with Crippen LogP contribution in [0.2, 0.25) is 0 Å². The molecule has 0 atom stereocenters. The van der Waals surface area contributed by atoms with Gasteiger partial charge in [0.1, 0.15) is 13.2 Å². The zero-order valence-electron chi connectivity index (χ0n) is 13.6. The standard InChI is InChI=1S/C17H18N2O5S/c1-25(22,23)19-15-9-7-14(8-10-15)17(21)18-11-16(20)24-12-13-5-3-2-4-6-13/h2-10,19H,11-12H2,1H3,(H,18,21). The third-order valence-electron chi connectivity index (χ3n) is 3.09. The maximum atomic E-state index is 12.0. The molecule has 0 heterocycles. The molecule has 0 aliphatic carbocycles. The van der Waals surface area contributed by atoms with Gasteiger partial charge < -0.3 is 10.1 Å². The van der Waals surface area contributed by atoms with Crippen molar-refractivity contribution in [3.63, 3.8) is 0 Å². The van der Waals surface area contributed by atoms with Crippen LogP contribution in [0.25, 0.3) is 0 Å². The number of carbonyl (C=O) groups excluding carboxylic acids is 2. The van der Waals surface area contributed by atoms with Crippen molar-refractivity contribution in [3.05, 3.63) is 65.7 Å². The van der Waals surface area contributed by atoms with E-state index in [2.05, 4.69) is 10.0 Å². The van der Waals surface area contributed by atoms with Crippen molar-refractivity contribution < 1.29 is 22.7 Å². The van der Waals surface area contributed by atoms with Gasteiger partial charge in [-0.15, -0.1) is 0 Å². The molecule has 0 bridgehead atoms. The van der Waals surface area contributed by atoms with E-state index in [0.717, 1.165) is 11.8 Å². The van der Waals surface area contributed by atoms with E-state index >= 15 is 0 Å². The summed E-state index contributed by atoms with van der Waals surface area (Å²) in [5.41, 5.74) is 1.51. The minimum absolute atomic E-state index is 0.140. The average molecular weight is 362 g/mol. The van der Waals surface area contributed by atoms with Gasteiger partial charge in [-0.25, -0.2) is 8.42 Å². The summed E-state index contributed by atoms with van der Waals surface area (Å²) in [4.78, 5) is 23.6. The normalized spacial score (nSPS) is 10.8. The molecule has 2 rings (SSSR count). The summed E-state index contributed by atoms with van der Waals surface area (Å²) < 4.78 is 29.6. The fraction of sp³-hybridized carbons (Fsp3) is 0.176. The third-order valence-corrected chi connectivity index (χ3v) is 3.69. The molecule has 1 amide bonds. The molecule has 7 nitrogen and oxygen atoms in total. The summed E-state index contributed by atoms with van der Waals surface area (Å²) in [6, 6.07) is 15.0. The lowest BCUT2D eigenvalue weighted by Crippen LogP contribution is -2.30. The highest BCUT2D eigenvalue weighted by molar-refractivity contribution is 7.92. The zero-order valence-corrected chi connectivity index (χ0v) is 14.4. The molecular weight excluding hydrogens is 344 g/mol. The highest BCUT2D eigenvalue weighted by Crippen LogP contribution is 2.10. The molecular formula is C17H18N2O5S. The van der Waals surface area contributed by atoms with Crippen LogP contribution in [0.3, 0.4) is 0 Å². The first-order valence-corrected chi connectivity index (χ1v) is 9.28. The summed E-state index contributed by atoms with van der Waals surface area (Å²) in [6.07, 6.45) is 1.04. The Morgan fingerprint density at radius 2 is 1.64 bits per heavy atom. The molecule has 0 aliphatic rings. The van der Waals surface area contributed by atoms with Gasteiger partial charge in [0, 0.05) is 11.3 Å². The Morgan fingerprint density at radius 3 is 2.24 bits per heavy atom. The van der Waals surface area contributed by atoms with Gasteiger partial charge in [-0.1, -0.05) is 30.3 Å². The van der Waals surface area contributed by atoms with Gasteiger partial charge in [0.25, 0.3) is 5.91 Å². The second-order valence-electron chi connectivity index (χ2n) is 5.28. The molecule has 0 saturated heterocycles. The van der Waals surface area contributed by atoms with Crippen LogP contribution in [-0.4, -0.2) is 33.1 Å². The Balaban J connectivity index is 1.80. The molecule has 2 aromatic carbocycles.